The third-order valence-electron chi connectivity index (χ3n) is 2.73. The van der Waals surface area contributed by atoms with Gasteiger partial charge in [0.05, 0.1) is 6.61 Å². The second-order valence-electron chi connectivity index (χ2n) is 4.29. The van der Waals surface area contributed by atoms with Crippen LogP contribution in [-0.4, -0.2) is 12.1 Å². The zero-order valence-electron chi connectivity index (χ0n) is 10.8. The molecule has 94 valence electrons. The number of aryl methyl sites for hydroxylation is 1. The Balaban J connectivity index is 1.91. The Labute approximate surface area is 108 Å². The molecule has 2 aromatic rings. The quantitative estimate of drug-likeness (QED) is 0.874. The highest BCUT2D eigenvalue weighted by molar-refractivity contribution is 5.45. The molecule has 1 heterocycles. The lowest BCUT2D eigenvalue weighted by molar-refractivity contribution is 0.185. The summed E-state index contributed by atoms with van der Waals surface area (Å²) in [5, 5.41) is 3.37. The van der Waals surface area contributed by atoms with E-state index < -0.39 is 0 Å². The number of nitrogens with zero attached hydrogens (tertiary/aromatic N) is 1. The maximum atomic E-state index is 5.08. The molecule has 2 rings (SSSR count). The van der Waals surface area contributed by atoms with Gasteiger partial charge < -0.3 is 10.1 Å². The highest BCUT2D eigenvalue weighted by atomic mass is 16.5. The molecule has 3 nitrogen and oxygen atoms in total. The van der Waals surface area contributed by atoms with Crippen LogP contribution in [0.3, 0.4) is 0 Å². The highest BCUT2D eigenvalue weighted by Crippen LogP contribution is 2.11. The van der Waals surface area contributed by atoms with Gasteiger partial charge in [-0.05, 0) is 36.2 Å². The second kappa shape index (κ2) is 6.17. The van der Waals surface area contributed by atoms with Gasteiger partial charge in [0.25, 0.3) is 0 Å². The molecule has 0 radical (unpaired) electrons. The van der Waals surface area contributed by atoms with E-state index in [1.807, 2.05) is 19.2 Å². The van der Waals surface area contributed by atoms with E-state index in [-0.39, 0.29) is 0 Å². The Bertz CT molecular complexity index is 477. The van der Waals surface area contributed by atoms with E-state index in [4.69, 9.17) is 4.74 Å². The van der Waals surface area contributed by atoms with Crippen LogP contribution in [0.15, 0.2) is 42.6 Å². The molecule has 0 aliphatic rings. The number of methoxy groups -OCH3 is 1. The van der Waals surface area contributed by atoms with Crippen LogP contribution < -0.4 is 5.32 Å². The van der Waals surface area contributed by atoms with Crippen LogP contribution in [0.5, 0.6) is 0 Å². The Kier molecular flexibility index (Phi) is 4.31. The fourth-order valence-corrected chi connectivity index (χ4v) is 1.69. The van der Waals surface area contributed by atoms with Crippen molar-refractivity contribution in [3.05, 3.63) is 59.4 Å². The van der Waals surface area contributed by atoms with E-state index >= 15 is 0 Å². The normalized spacial score (nSPS) is 10.3. The number of benzene rings is 1. The zero-order valence-corrected chi connectivity index (χ0v) is 10.8. The average Bonchev–Trinajstić information content (AvgIpc) is 2.40. The standard InChI is InChI=1S/C15H18N2O/c1-12-3-4-14(9-16-12)10-17-15-7-5-13(6-8-15)11-18-2/h3-9,17H,10-11H2,1-2H3. The van der Waals surface area contributed by atoms with Crippen molar-refractivity contribution in [2.24, 2.45) is 0 Å². The molecule has 1 N–H and O–H groups in total. The number of hydrogen-bond donors (Lipinski definition) is 1. The van der Waals surface area contributed by atoms with Crippen LogP contribution >= 0.6 is 0 Å². The number of rotatable bonds is 5. The van der Waals surface area contributed by atoms with Gasteiger partial charge in [-0.25, -0.2) is 0 Å². The minimum Gasteiger partial charge on any atom is -0.381 e. The fourth-order valence-electron chi connectivity index (χ4n) is 1.69. The van der Waals surface area contributed by atoms with Crippen molar-refractivity contribution >= 4 is 5.69 Å². The molecule has 0 amide bonds. The largest absolute Gasteiger partial charge is 0.381 e. The Morgan fingerprint density at radius 3 is 2.39 bits per heavy atom. The van der Waals surface area contributed by atoms with Crippen molar-refractivity contribution in [1.82, 2.24) is 4.98 Å². The molecular formula is C15H18N2O. The summed E-state index contributed by atoms with van der Waals surface area (Å²) in [6, 6.07) is 12.4. The number of anilines is 1. The Hall–Kier alpha value is -1.87. The monoisotopic (exact) mass is 242 g/mol. The highest BCUT2D eigenvalue weighted by Gasteiger charge is 1.96. The lowest BCUT2D eigenvalue weighted by Gasteiger charge is -2.07. The third-order valence-corrected chi connectivity index (χ3v) is 2.73. The first kappa shape index (κ1) is 12.6. The van der Waals surface area contributed by atoms with Crippen molar-refractivity contribution in [3.8, 4) is 0 Å². The summed E-state index contributed by atoms with van der Waals surface area (Å²) in [5.41, 5.74) is 4.51. The molecule has 0 aliphatic heterocycles. The predicted octanol–water partition coefficient (Wildman–Crippen LogP) is 3.15. The summed E-state index contributed by atoms with van der Waals surface area (Å²) in [4.78, 5) is 4.27. The molecule has 1 aromatic heterocycles. The molecule has 0 fully saturated rings. The lowest BCUT2D eigenvalue weighted by atomic mass is 10.2. The van der Waals surface area contributed by atoms with Crippen molar-refractivity contribution in [2.45, 2.75) is 20.1 Å². The van der Waals surface area contributed by atoms with Crippen molar-refractivity contribution < 1.29 is 4.74 Å². The molecule has 0 atom stereocenters. The van der Waals surface area contributed by atoms with E-state index in [0.29, 0.717) is 6.61 Å². The van der Waals surface area contributed by atoms with Gasteiger partial charge in [0.15, 0.2) is 0 Å². The number of pyridine rings is 1. The number of ether oxygens (including phenoxy) is 1. The van der Waals surface area contributed by atoms with Crippen LogP contribution in [0.25, 0.3) is 0 Å². The molecule has 1 aromatic carbocycles. The van der Waals surface area contributed by atoms with Gasteiger partial charge in [0.2, 0.25) is 0 Å². The molecule has 18 heavy (non-hydrogen) atoms. The first-order valence-electron chi connectivity index (χ1n) is 6.01. The molecular weight excluding hydrogens is 224 g/mol. The van der Waals surface area contributed by atoms with E-state index in [0.717, 1.165) is 17.9 Å². The minimum absolute atomic E-state index is 0.655. The van der Waals surface area contributed by atoms with Crippen LogP contribution in [0.1, 0.15) is 16.8 Å². The summed E-state index contributed by atoms with van der Waals surface area (Å²) >= 11 is 0. The molecule has 0 bridgehead atoms. The fraction of sp³-hybridized carbons (Fsp3) is 0.267. The molecule has 3 heteroatoms. The van der Waals surface area contributed by atoms with Gasteiger partial charge in [-0.3, -0.25) is 4.98 Å². The lowest BCUT2D eigenvalue weighted by Crippen LogP contribution is -2.00. The second-order valence-corrected chi connectivity index (χ2v) is 4.29. The SMILES string of the molecule is COCc1ccc(NCc2ccc(C)nc2)cc1. The van der Waals surface area contributed by atoms with Gasteiger partial charge in [-0.1, -0.05) is 18.2 Å². The summed E-state index contributed by atoms with van der Waals surface area (Å²) in [5.74, 6) is 0. The van der Waals surface area contributed by atoms with Gasteiger partial charge in [0.1, 0.15) is 0 Å². The molecule has 0 aliphatic carbocycles. The number of aromatic nitrogens is 1. The van der Waals surface area contributed by atoms with Gasteiger partial charge in [-0.15, -0.1) is 0 Å². The Morgan fingerprint density at radius 1 is 1.06 bits per heavy atom. The third kappa shape index (κ3) is 3.57. The van der Waals surface area contributed by atoms with Crippen molar-refractivity contribution in [2.75, 3.05) is 12.4 Å². The molecule has 0 unspecified atom stereocenters. The van der Waals surface area contributed by atoms with Crippen LogP contribution in [0.4, 0.5) is 5.69 Å². The maximum absolute atomic E-state index is 5.08. The first-order chi connectivity index (χ1) is 8.78. The average molecular weight is 242 g/mol. The van der Waals surface area contributed by atoms with Crippen LogP contribution in [-0.2, 0) is 17.9 Å². The smallest absolute Gasteiger partial charge is 0.0713 e. The Morgan fingerprint density at radius 2 is 1.78 bits per heavy atom. The van der Waals surface area contributed by atoms with Gasteiger partial charge >= 0.3 is 0 Å². The van der Waals surface area contributed by atoms with Crippen molar-refractivity contribution in [3.63, 3.8) is 0 Å². The summed E-state index contributed by atoms with van der Waals surface area (Å²) in [6.07, 6.45) is 1.90. The van der Waals surface area contributed by atoms with Gasteiger partial charge in [-0.2, -0.15) is 0 Å². The molecule has 0 spiro atoms. The van der Waals surface area contributed by atoms with E-state index in [9.17, 15) is 0 Å². The van der Waals surface area contributed by atoms with E-state index in [1.165, 1.54) is 11.1 Å². The van der Waals surface area contributed by atoms with E-state index in [1.54, 1.807) is 7.11 Å². The van der Waals surface area contributed by atoms with Crippen LogP contribution in [0.2, 0.25) is 0 Å². The van der Waals surface area contributed by atoms with Gasteiger partial charge in [0, 0.05) is 31.2 Å². The van der Waals surface area contributed by atoms with Crippen LogP contribution in [0, 0.1) is 6.92 Å². The maximum Gasteiger partial charge on any atom is 0.0713 e. The van der Waals surface area contributed by atoms with E-state index in [2.05, 4.69) is 40.6 Å². The summed E-state index contributed by atoms with van der Waals surface area (Å²) in [7, 11) is 1.70. The number of nitrogens with one attached hydrogen (secondary N) is 1. The number of hydrogen-bond acceptors (Lipinski definition) is 3. The summed E-state index contributed by atoms with van der Waals surface area (Å²) in [6.45, 7) is 3.44. The summed E-state index contributed by atoms with van der Waals surface area (Å²) < 4.78 is 5.08. The molecule has 0 saturated carbocycles. The zero-order chi connectivity index (χ0) is 12.8. The predicted molar refractivity (Wildman–Crippen MR) is 73.5 cm³/mol. The first-order valence-corrected chi connectivity index (χ1v) is 6.01. The minimum atomic E-state index is 0.655. The van der Waals surface area contributed by atoms with Crippen molar-refractivity contribution in [1.29, 1.82) is 0 Å². The molecule has 0 saturated heterocycles. The topological polar surface area (TPSA) is 34.1 Å².